The maximum Gasteiger partial charge on any atom is 0.393 e. The zero-order chi connectivity index (χ0) is 21.8. The molecule has 5 rings (SSSR count). The van der Waals surface area contributed by atoms with Crippen LogP contribution in [0.5, 0.6) is 0 Å². The van der Waals surface area contributed by atoms with Crippen LogP contribution < -0.4 is 10.6 Å². The van der Waals surface area contributed by atoms with Gasteiger partial charge in [0.15, 0.2) is 0 Å². The van der Waals surface area contributed by atoms with Crippen molar-refractivity contribution in [3.63, 3.8) is 0 Å². The number of fused-ring (bicyclic) bond motifs is 3. The summed E-state index contributed by atoms with van der Waals surface area (Å²) in [7, 11) is 0. The molecular weight excluding hydrogens is 405 g/mol. The molecule has 2 bridgehead atoms. The SMILES string of the molecule is N#Cc1ccc(N2C[C@H](CN3CC4CCC(C3)C4N)[C@@H](C(F)(F)F)C2)c2nccnc12. The highest BCUT2D eigenvalue weighted by atomic mass is 19.4. The number of benzene rings is 1. The monoisotopic (exact) mass is 430 g/mol. The van der Waals surface area contributed by atoms with E-state index >= 15 is 0 Å². The summed E-state index contributed by atoms with van der Waals surface area (Å²) >= 11 is 0. The van der Waals surface area contributed by atoms with E-state index in [1.54, 1.807) is 17.0 Å². The summed E-state index contributed by atoms with van der Waals surface area (Å²) < 4.78 is 41.9. The number of anilines is 1. The summed E-state index contributed by atoms with van der Waals surface area (Å²) in [6, 6.07) is 5.59. The Bertz CT molecular complexity index is 1000. The van der Waals surface area contributed by atoms with Gasteiger partial charge in [-0.3, -0.25) is 9.97 Å². The second-order valence-electron chi connectivity index (χ2n) is 9.20. The Balaban J connectivity index is 1.41. The lowest BCUT2D eigenvalue weighted by molar-refractivity contribution is -0.180. The van der Waals surface area contributed by atoms with E-state index in [0.29, 0.717) is 47.2 Å². The van der Waals surface area contributed by atoms with Crippen molar-refractivity contribution in [3.05, 3.63) is 30.1 Å². The summed E-state index contributed by atoms with van der Waals surface area (Å²) in [6.45, 7) is 2.22. The summed E-state index contributed by atoms with van der Waals surface area (Å²) in [4.78, 5) is 12.6. The molecule has 164 valence electrons. The zero-order valence-corrected chi connectivity index (χ0v) is 17.1. The van der Waals surface area contributed by atoms with Crippen LogP contribution in [0.15, 0.2) is 24.5 Å². The largest absolute Gasteiger partial charge is 0.393 e. The first-order chi connectivity index (χ1) is 14.8. The van der Waals surface area contributed by atoms with E-state index in [4.69, 9.17) is 5.73 Å². The third-order valence-electron chi connectivity index (χ3n) is 7.40. The molecule has 0 amide bonds. The number of hydrogen-bond donors (Lipinski definition) is 1. The average Bonchev–Trinajstić information content (AvgIpc) is 3.24. The fourth-order valence-corrected chi connectivity index (χ4v) is 5.85. The number of aromatic nitrogens is 2. The third kappa shape index (κ3) is 3.62. The predicted molar refractivity (Wildman–Crippen MR) is 110 cm³/mol. The Morgan fingerprint density at radius 1 is 1.03 bits per heavy atom. The summed E-state index contributed by atoms with van der Waals surface area (Å²) in [5.41, 5.74) is 8.16. The van der Waals surface area contributed by atoms with E-state index in [0.717, 1.165) is 25.9 Å². The fraction of sp³-hybridized carbons (Fsp3) is 0.591. The smallest absolute Gasteiger partial charge is 0.369 e. The molecule has 1 aromatic heterocycles. The summed E-state index contributed by atoms with van der Waals surface area (Å²) in [6.07, 6.45) is 0.899. The Hall–Kier alpha value is -2.44. The van der Waals surface area contributed by atoms with Crippen molar-refractivity contribution < 1.29 is 13.2 Å². The van der Waals surface area contributed by atoms with Crippen LogP contribution in [0.3, 0.4) is 0 Å². The lowest BCUT2D eigenvalue weighted by Gasteiger charge is -2.38. The molecule has 2 N–H and O–H groups in total. The number of halogens is 3. The van der Waals surface area contributed by atoms with Crippen molar-refractivity contribution in [3.8, 4) is 6.07 Å². The number of nitriles is 1. The van der Waals surface area contributed by atoms with E-state index in [1.807, 2.05) is 0 Å². The minimum absolute atomic E-state index is 0.105. The standard InChI is InChI=1S/C22H25F3N6/c23-22(24,25)17-12-31(18-4-3-13(7-26)20-21(18)29-6-5-28-20)11-16(17)10-30-8-14-1-2-15(9-30)19(14)27/h3-6,14-17,19H,1-2,8-12,27H2/t14?,15?,16-,17-,19?/m0/s1. The van der Waals surface area contributed by atoms with E-state index < -0.39 is 18.0 Å². The van der Waals surface area contributed by atoms with Gasteiger partial charge < -0.3 is 15.5 Å². The molecule has 4 atom stereocenters. The van der Waals surface area contributed by atoms with Crippen LogP contribution in [0.1, 0.15) is 18.4 Å². The van der Waals surface area contributed by atoms with Crippen molar-refractivity contribution in [1.29, 1.82) is 5.26 Å². The van der Waals surface area contributed by atoms with Crippen molar-refractivity contribution in [2.24, 2.45) is 29.4 Å². The highest BCUT2D eigenvalue weighted by molar-refractivity contribution is 5.92. The number of nitrogens with two attached hydrogens (primary N) is 1. The van der Waals surface area contributed by atoms with Gasteiger partial charge in [-0.1, -0.05) is 0 Å². The maximum atomic E-state index is 14.0. The first-order valence-corrected chi connectivity index (χ1v) is 10.8. The Morgan fingerprint density at radius 3 is 2.35 bits per heavy atom. The minimum Gasteiger partial charge on any atom is -0.369 e. The molecule has 6 nitrogen and oxygen atoms in total. The molecule has 3 fully saturated rings. The highest BCUT2D eigenvalue weighted by Crippen LogP contribution is 2.42. The molecule has 3 heterocycles. The molecule has 2 saturated heterocycles. The number of nitrogens with zero attached hydrogens (tertiary/aromatic N) is 5. The van der Waals surface area contributed by atoms with Crippen molar-refractivity contribution in [2.75, 3.05) is 37.6 Å². The van der Waals surface area contributed by atoms with Gasteiger partial charge in [0, 0.05) is 57.1 Å². The predicted octanol–water partition coefficient (Wildman–Crippen LogP) is 2.79. The number of likely N-dealkylation sites (tertiary alicyclic amines) is 1. The number of rotatable bonds is 3. The van der Waals surface area contributed by atoms with E-state index in [9.17, 15) is 18.4 Å². The molecule has 2 aromatic rings. The lowest BCUT2D eigenvalue weighted by atomic mass is 9.90. The van der Waals surface area contributed by atoms with Crippen LogP contribution in [0.2, 0.25) is 0 Å². The molecule has 0 radical (unpaired) electrons. The topological polar surface area (TPSA) is 82.1 Å². The van der Waals surface area contributed by atoms with Crippen LogP contribution in [-0.2, 0) is 0 Å². The Kier molecular flexibility index (Phi) is 5.02. The fourth-order valence-electron chi connectivity index (χ4n) is 5.85. The Morgan fingerprint density at radius 2 is 1.71 bits per heavy atom. The molecule has 2 unspecified atom stereocenters. The number of hydrogen-bond acceptors (Lipinski definition) is 6. The number of alkyl halides is 3. The van der Waals surface area contributed by atoms with Gasteiger partial charge in [0.1, 0.15) is 17.1 Å². The van der Waals surface area contributed by atoms with Gasteiger partial charge in [0.05, 0.1) is 17.2 Å². The lowest BCUT2D eigenvalue weighted by Crippen LogP contribution is -2.50. The maximum absolute atomic E-state index is 14.0. The normalized spacial score (nSPS) is 31.3. The third-order valence-corrected chi connectivity index (χ3v) is 7.40. The van der Waals surface area contributed by atoms with Crippen molar-refractivity contribution in [1.82, 2.24) is 14.9 Å². The highest BCUT2D eigenvalue weighted by Gasteiger charge is 2.51. The molecule has 2 aliphatic heterocycles. The van der Waals surface area contributed by atoms with Crippen molar-refractivity contribution >= 4 is 16.7 Å². The zero-order valence-electron chi connectivity index (χ0n) is 17.1. The van der Waals surface area contributed by atoms with Gasteiger partial charge in [-0.2, -0.15) is 18.4 Å². The molecule has 31 heavy (non-hydrogen) atoms. The second-order valence-corrected chi connectivity index (χ2v) is 9.20. The van der Waals surface area contributed by atoms with Gasteiger partial charge >= 0.3 is 6.18 Å². The van der Waals surface area contributed by atoms with Crippen LogP contribution in [0, 0.1) is 35.0 Å². The molecule has 3 aliphatic rings. The quantitative estimate of drug-likeness (QED) is 0.807. The first-order valence-electron chi connectivity index (χ1n) is 10.8. The minimum atomic E-state index is -4.27. The summed E-state index contributed by atoms with van der Waals surface area (Å²) in [5, 5.41) is 9.34. The van der Waals surface area contributed by atoms with Gasteiger partial charge in [-0.15, -0.1) is 0 Å². The second kappa shape index (κ2) is 7.61. The molecular formula is C22H25F3N6. The van der Waals surface area contributed by atoms with Gasteiger partial charge in [0.2, 0.25) is 0 Å². The molecule has 1 aromatic carbocycles. The summed E-state index contributed by atoms with van der Waals surface area (Å²) in [5.74, 6) is -1.11. The van der Waals surface area contributed by atoms with E-state index in [2.05, 4.69) is 20.9 Å². The molecule has 1 aliphatic carbocycles. The van der Waals surface area contributed by atoms with Crippen LogP contribution in [0.25, 0.3) is 11.0 Å². The average molecular weight is 430 g/mol. The van der Waals surface area contributed by atoms with Gasteiger partial charge in [0.25, 0.3) is 0 Å². The van der Waals surface area contributed by atoms with E-state index in [-0.39, 0.29) is 12.6 Å². The van der Waals surface area contributed by atoms with Crippen molar-refractivity contribution in [2.45, 2.75) is 25.1 Å². The first kappa shape index (κ1) is 20.5. The van der Waals surface area contributed by atoms with E-state index in [1.165, 1.54) is 12.4 Å². The van der Waals surface area contributed by atoms with Gasteiger partial charge in [-0.05, 0) is 36.8 Å². The van der Waals surface area contributed by atoms with Crippen LogP contribution in [-0.4, -0.2) is 59.8 Å². The number of piperidine rings is 1. The van der Waals surface area contributed by atoms with Crippen LogP contribution in [0.4, 0.5) is 18.9 Å². The molecule has 0 spiro atoms. The van der Waals surface area contributed by atoms with Gasteiger partial charge in [-0.25, -0.2) is 0 Å². The molecule has 1 saturated carbocycles. The molecule has 9 heteroatoms. The Labute approximate surface area is 178 Å². The van der Waals surface area contributed by atoms with Crippen LogP contribution >= 0.6 is 0 Å².